The molecular weight excluding hydrogens is 300 g/mol. The third-order valence-corrected chi connectivity index (χ3v) is 6.40. The van der Waals surface area contributed by atoms with Gasteiger partial charge >= 0.3 is 5.97 Å². The number of ether oxygens (including phenoxy) is 1. The van der Waals surface area contributed by atoms with Crippen molar-refractivity contribution < 1.29 is 17.9 Å². The summed E-state index contributed by atoms with van der Waals surface area (Å²) >= 11 is 1.07. The molecule has 6 nitrogen and oxygen atoms in total. The second-order valence-corrected chi connectivity index (χ2v) is 7.44. The molecule has 1 atom stereocenters. The number of methoxy groups -OCH3 is 1. The van der Waals surface area contributed by atoms with E-state index in [1.807, 2.05) is 0 Å². The van der Waals surface area contributed by atoms with Crippen LogP contribution in [-0.2, 0) is 14.8 Å². The number of carbonyl (C=O) groups is 1. The van der Waals surface area contributed by atoms with Gasteiger partial charge in [0.25, 0.3) is 0 Å². The zero-order chi connectivity index (χ0) is 14.8. The van der Waals surface area contributed by atoms with Crippen molar-refractivity contribution in [1.82, 2.24) is 4.31 Å². The summed E-state index contributed by atoms with van der Waals surface area (Å²) in [4.78, 5) is 11.8. The molecule has 0 aromatic carbocycles. The molecule has 112 valence electrons. The van der Waals surface area contributed by atoms with Crippen molar-refractivity contribution in [3.8, 4) is 0 Å². The number of hydrogen-bond acceptors (Lipinski definition) is 6. The molecule has 1 fully saturated rings. The number of carbonyl (C=O) groups excluding carboxylic acids is 1. The molecule has 2 N–H and O–H groups in total. The first-order valence-electron chi connectivity index (χ1n) is 6.39. The fourth-order valence-electron chi connectivity index (χ4n) is 2.32. The highest BCUT2D eigenvalue weighted by molar-refractivity contribution is 7.89. The number of hydrogen-bond donors (Lipinski definition) is 1. The van der Waals surface area contributed by atoms with Crippen LogP contribution in [0.2, 0.25) is 0 Å². The summed E-state index contributed by atoms with van der Waals surface area (Å²) in [6.07, 6.45) is 2.61. The summed E-state index contributed by atoms with van der Waals surface area (Å²) in [6, 6.07) is 1.21. The predicted octanol–water partition coefficient (Wildman–Crippen LogP) is 1.04. The van der Waals surface area contributed by atoms with Gasteiger partial charge < -0.3 is 10.5 Å². The summed E-state index contributed by atoms with van der Waals surface area (Å²) < 4.78 is 31.3. The molecule has 0 amide bonds. The molecule has 1 aliphatic rings. The van der Waals surface area contributed by atoms with Crippen molar-refractivity contribution in [2.75, 3.05) is 20.2 Å². The lowest BCUT2D eigenvalue weighted by molar-refractivity contribution is 0.0606. The van der Waals surface area contributed by atoms with Gasteiger partial charge in [0.15, 0.2) is 0 Å². The maximum Gasteiger partial charge on any atom is 0.348 e. The molecule has 1 unspecified atom stereocenters. The van der Waals surface area contributed by atoms with Crippen LogP contribution >= 0.6 is 11.3 Å². The van der Waals surface area contributed by atoms with E-state index >= 15 is 0 Å². The van der Waals surface area contributed by atoms with Gasteiger partial charge in [-0.15, -0.1) is 11.3 Å². The van der Waals surface area contributed by atoms with Gasteiger partial charge in [-0.2, -0.15) is 4.31 Å². The first-order chi connectivity index (χ1) is 9.50. The standard InChI is InChI=1S/C12H18N2O4S2/c1-18-12(15)11-6-10(8-19-11)20(16,17)14-5-3-2-4-9(14)7-13/h6,8-9H,2-5,7,13H2,1H3. The van der Waals surface area contributed by atoms with Crippen molar-refractivity contribution in [1.29, 1.82) is 0 Å². The quantitative estimate of drug-likeness (QED) is 0.838. The van der Waals surface area contributed by atoms with Crippen LogP contribution in [0.3, 0.4) is 0 Å². The molecule has 1 saturated heterocycles. The largest absolute Gasteiger partial charge is 0.465 e. The average molecular weight is 318 g/mol. The van der Waals surface area contributed by atoms with Crippen molar-refractivity contribution in [2.45, 2.75) is 30.2 Å². The fraction of sp³-hybridized carbons (Fsp3) is 0.583. The van der Waals surface area contributed by atoms with Crippen molar-refractivity contribution in [2.24, 2.45) is 5.73 Å². The zero-order valence-corrected chi connectivity index (χ0v) is 12.9. The Hall–Kier alpha value is -0.960. The highest BCUT2D eigenvalue weighted by atomic mass is 32.2. The van der Waals surface area contributed by atoms with E-state index in [0.717, 1.165) is 30.6 Å². The van der Waals surface area contributed by atoms with E-state index in [4.69, 9.17) is 5.73 Å². The Labute approximate surface area is 122 Å². The Morgan fingerprint density at radius 3 is 2.95 bits per heavy atom. The van der Waals surface area contributed by atoms with E-state index in [-0.39, 0.29) is 15.8 Å². The van der Waals surface area contributed by atoms with Crippen molar-refractivity contribution in [3.05, 3.63) is 16.3 Å². The number of nitrogens with zero attached hydrogens (tertiary/aromatic N) is 1. The molecule has 1 aromatic rings. The first-order valence-corrected chi connectivity index (χ1v) is 8.71. The molecule has 2 heterocycles. The summed E-state index contributed by atoms with van der Waals surface area (Å²) in [5, 5.41) is 1.48. The van der Waals surface area contributed by atoms with Crippen LogP contribution in [0, 0.1) is 0 Å². The predicted molar refractivity (Wildman–Crippen MR) is 76.2 cm³/mol. The number of rotatable bonds is 4. The van der Waals surface area contributed by atoms with E-state index in [0.29, 0.717) is 13.1 Å². The van der Waals surface area contributed by atoms with Crippen molar-refractivity contribution >= 4 is 27.3 Å². The van der Waals surface area contributed by atoms with E-state index in [2.05, 4.69) is 4.74 Å². The third kappa shape index (κ3) is 2.88. The molecule has 2 rings (SSSR count). The average Bonchev–Trinajstić information content (AvgIpc) is 2.97. The maximum atomic E-state index is 12.6. The van der Waals surface area contributed by atoms with E-state index in [1.54, 1.807) is 0 Å². The zero-order valence-electron chi connectivity index (χ0n) is 11.2. The molecular formula is C12H18N2O4S2. The van der Waals surface area contributed by atoms with Crippen LogP contribution in [0.15, 0.2) is 16.3 Å². The normalized spacial score (nSPS) is 20.8. The minimum Gasteiger partial charge on any atom is -0.465 e. The van der Waals surface area contributed by atoms with Gasteiger partial charge in [0, 0.05) is 24.5 Å². The number of nitrogens with two attached hydrogens (primary N) is 1. The Bertz CT molecular complexity index is 582. The van der Waals surface area contributed by atoms with Crippen LogP contribution in [0.5, 0.6) is 0 Å². The number of thiophene rings is 1. The van der Waals surface area contributed by atoms with Crippen molar-refractivity contribution in [3.63, 3.8) is 0 Å². The fourth-order valence-corrected chi connectivity index (χ4v) is 5.21. The smallest absolute Gasteiger partial charge is 0.348 e. The van der Waals surface area contributed by atoms with Crippen LogP contribution in [0.1, 0.15) is 28.9 Å². The van der Waals surface area contributed by atoms with Crippen LogP contribution in [0.25, 0.3) is 0 Å². The maximum absolute atomic E-state index is 12.6. The Morgan fingerprint density at radius 1 is 1.55 bits per heavy atom. The van der Waals surface area contributed by atoms with E-state index < -0.39 is 16.0 Å². The molecule has 0 spiro atoms. The second-order valence-electron chi connectivity index (χ2n) is 4.64. The van der Waals surface area contributed by atoms with Gasteiger partial charge in [-0.25, -0.2) is 13.2 Å². The Balaban J connectivity index is 2.29. The van der Waals surface area contributed by atoms with Gasteiger partial charge in [0.1, 0.15) is 4.88 Å². The van der Waals surface area contributed by atoms with Gasteiger partial charge in [-0.05, 0) is 18.9 Å². The molecule has 1 aliphatic heterocycles. The van der Waals surface area contributed by atoms with Crippen LogP contribution in [0.4, 0.5) is 0 Å². The highest BCUT2D eigenvalue weighted by Crippen LogP contribution is 2.28. The summed E-state index contributed by atoms with van der Waals surface area (Å²) in [6.45, 7) is 0.792. The number of sulfonamides is 1. The lowest BCUT2D eigenvalue weighted by Crippen LogP contribution is -2.47. The lowest BCUT2D eigenvalue weighted by atomic mass is 10.1. The van der Waals surface area contributed by atoms with Gasteiger partial charge in [0.05, 0.1) is 12.0 Å². The van der Waals surface area contributed by atoms with E-state index in [9.17, 15) is 13.2 Å². The Morgan fingerprint density at radius 2 is 2.30 bits per heavy atom. The number of esters is 1. The van der Waals surface area contributed by atoms with Crippen LogP contribution < -0.4 is 5.73 Å². The molecule has 20 heavy (non-hydrogen) atoms. The molecule has 0 aliphatic carbocycles. The SMILES string of the molecule is COC(=O)c1cc(S(=O)(=O)N2CCCCC2CN)cs1. The molecule has 0 saturated carbocycles. The third-order valence-electron chi connectivity index (χ3n) is 3.41. The van der Waals surface area contributed by atoms with E-state index in [1.165, 1.54) is 22.9 Å². The first kappa shape index (κ1) is 15.4. The van der Waals surface area contributed by atoms with Gasteiger partial charge in [-0.1, -0.05) is 6.42 Å². The van der Waals surface area contributed by atoms with Gasteiger partial charge in [0.2, 0.25) is 10.0 Å². The topological polar surface area (TPSA) is 89.7 Å². The lowest BCUT2D eigenvalue weighted by Gasteiger charge is -2.33. The second kappa shape index (κ2) is 6.21. The monoisotopic (exact) mass is 318 g/mol. The minimum atomic E-state index is -3.59. The minimum absolute atomic E-state index is 0.142. The molecule has 0 radical (unpaired) electrons. The summed E-state index contributed by atoms with van der Waals surface area (Å²) in [5.74, 6) is -0.523. The summed E-state index contributed by atoms with van der Waals surface area (Å²) in [7, 11) is -2.32. The molecule has 1 aromatic heterocycles. The molecule has 0 bridgehead atoms. The Kier molecular flexibility index (Phi) is 4.79. The number of piperidine rings is 1. The summed E-state index contributed by atoms with van der Waals surface area (Å²) in [5.41, 5.74) is 5.67. The highest BCUT2D eigenvalue weighted by Gasteiger charge is 2.33. The van der Waals surface area contributed by atoms with Gasteiger partial charge in [-0.3, -0.25) is 0 Å². The van der Waals surface area contributed by atoms with Crippen LogP contribution in [-0.4, -0.2) is 44.9 Å². The molecule has 8 heteroatoms.